The van der Waals surface area contributed by atoms with Crippen LogP contribution in [0.1, 0.15) is 22.8 Å². The molecule has 0 bridgehead atoms. The SMILES string of the molecule is CCc1ccccc1NC(=O)c1cnc(SC)nc1Cl. The predicted octanol–water partition coefficient (Wildman–Crippen LogP) is 3.67. The first kappa shape index (κ1) is 14.8. The van der Waals surface area contributed by atoms with Gasteiger partial charge in [0, 0.05) is 11.9 Å². The summed E-state index contributed by atoms with van der Waals surface area (Å²) in [6.45, 7) is 2.04. The van der Waals surface area contributed by atoms with Crippen LogP contribution in [0.25, 0.3) is 0 Å². The number of rotatable bonds is 4. The third-order valence-corrected chi connectivity index (χ3v) is 3.64. The van der Waals surface area contributed by atoms with Crippen molar-refractivity contribution in [2.75, 3.05) is 11.6 Å². The van der Waals surface area contributed by atoms with Crippen molar-refractivity contribution in [2.45, 2.75) is 18.5 Å². The first-order chi connectivity index (χ1) is 9.65. The minimum Gasteiger partial charge on any atom is -0.322 e. The zero-order valence-electron chi connectivity index (χ0n) is 11.2. The minimum absolute atomic E-state index is 0.163. The normalized spacial score (nSPS) is 10.3. The summed E-state index contributed by atoms with van der Waals surface area (Å²) in [5.74, 6) is -0.302. The number of nitrogens with one attached hydrogen (secondary N) is 1. The van der Waals surface area contributed by atoms with Crippen LogP contribution in [-0.4, -0.2) is 22.1 Å². The Balaban J connectivity index is 2.24. The van der Waals surface area contributed by atoms with E-state index in [0.29, 0.717) is 5.16 Å². The van der Waals surface area contributed by atoms with E-state index in [1.54, 1.807) is 0 Å². The fourth-order valence-electron chi connectivity index (χ4n) is 1.74. The van der Waals surface area contributed by atoms with E-state index in [2.05, 4.69) is 15.3 Å². The quantitative estimate of drug-likeness (QED) is 0.532. The van der Waals surface area contributed by atoms with E-state index in [1.165, 1.54) is 18.0 Å². The number of hydrogen-bond donors (Lipinski definition) is 1. The number of aryl methyl sites for hydroxylation is 1. The van der Waals surface area contributed by atoms with Crippen molar-refractivity contribution < 1.29 is 4.79 Å². The van der Waals surface area contributed by atoms with Gasteiger partial charge in [0.2, 0.25) is 0 Å². The number of benzene rings is 1. The topological polar surface area (TPSA) is 54.9 Å². The van der Waals surface area contributed by atoms with Gasteiger partial charge in [-0.3, -0.25) is 4.79 Å². The zero-order chi connectivity index (χ0) is 14.5. The number of para-hydroxylation sites is 1. The summed E-state index contributed by atoms with van der Waals surface area (Å²) < 4.78 is 0. The van der Waals surface area contributed by atoms with Gasteiger partial charge < -0.3 is 5.32 Å². The summed E-state index contributed by atoms with van der Waals surface area (Å²) in [5, 5.41) is 3.55. The van der Waals surface area contributed by atoms with Crippen molar-refractivity contribution in [1.82, 2.24) is 9.97 Å². The maximum Gasteiger partial charge on any atom is 0.260 e. The summed E-state index contributed by atoms with van der Waals surface area (Å²) in [7, 11) is 0. The summed E-state index contributed by atoms with van der Waals surface area (Å²) in [5.41, 5.74) is 2.12. The molecule has 1 aromatic carbocycles. The second-order valence-electron chi connectivity index (χ2n) is 4.03. The van der Waals surface area contributed by atoms with Crippen LogP contribution >= 0.6 is 23.4 Å². The number of thioether (sulfide) groups is 1. The predicted molar refractivity (Wildman–Crippen MR) is 82.6 cm³/mol. The standard InChI is InChI=1S/C14H14ClN3OS/c1-3-9-6-4-5-7-11(9)17-13(19)10-8-16-14(20-2)18-12(10)15/h4-8H,3H2,1-2H3,(H,17,19). The lowest BCUT2D eigenvalue weighted by Crippen LogP contribution is -2.15. The van der Waals surface area contributed by atoms with Crippen molar-refractivity contribution >= 4 is 35.0 Å². The third-order valence-electron chi connectivity index (χ3n) is 2.79. The molecule has 0 saturated carbocycles. The smallest absolute Gasteiger partial charge is 0.260 e. The van der Waals surface area contributed by atoms with E-state index in [0.717, 1.165) is 17.7 Å². The van der Waals surface area contributed by atoms with E-state index in [1.807, 2.05) is 37.4 Å². The second-order valence-corrected chi connectivity index (χ2v) is 5.16. The molecule has 0 spiro atoms. The molecule has 6 heteroatoms. The molecule has 0 radical (unpaired) electrons. The Labute approximate surface area is 127 Å². The number of anilines is 1. The van der Waals surface area contributed by atoms with Crippen molar-refractivity contribution in [3.63, 3.8) is 0 Å². The highest BCUT2D eigenvalue weighted by Crippen LogP contribution is 2.20. The Morgan fingerprint density at radius 1 is 1.40 bits per heavy atom. The molecule has 104 valence electrons. The highest BCUT2D eigenvalue weighted by molar-refractivity contribution is 7.98. The molecule has 2 rings (SSSR count). The molecule has 0 saturated heterocycles. The highest BCUT2D eigenvalue weighted by atomic mass is 35.5. The minimum atomic E-state index is -0.302. The lowest BCUT2D eigenvalue weighted by Gasteiger charge is -2.10. The van der Waals surface area contributed by atoms with E-state index in [4.69, 9.17) is 11.6 Å². The van der Waals surface area contributed by atoms with E-state index < -0.39 is 0 Å². The van der Waals surface area contributed by atoms with E-state index in [-0.39, 0.29) is 16.6 Å². The maximum absolute atomic E-state index is 12.2. The molecule has 1 amide bonds. The van der Waals surface area contributed by atoms with Crippen LogP contribution in [0.5, 0.6) is 0 Å². The molecule has 4 nitrogen and oxygen atoms in total. The number of aromatic nitrogens is 2. The lowest BCUT2D eigenvalue weighted by atomic mass is 10.1. The fourth-order valence-corrected chi connectivity index (χ4v) is 2.34. The number of carbonyl (C=O) groups is 1. The van der Waals surface area contributed by atoms with Gasteiger partial charge in [0.15, 0.2) is 5.16 Å². The molecule has 0 unspecified atom stereocenters. The van der Waals surface area contributed by atoms with Gasteiger partial charge in [0.1, 0.15) is 5.15 Å². The van der Waals surface area contributed by atoms with Crippen LogP contribution in [0.4, 0.5) is 5.69 Å². The molecule has 1 N–H and O–H groups in total. The molecule has 0 atom stereocenters. The van der Waals surface area contributed by atoms with Gasteiger partial charge in [-0.2, -0.15) is 0 Å². The van der Waals surface area contributed by atoms with Gasteiger partial charge >= 0.3 is 0 Å². The van der Waals surface area contributed by atoms with Crippen molar-refractivity contribution in [3.05, 3.63) is 46.7 Å². The molecule has 0 fully saturated rings. The van der Waals surface area contributed by atoms with Gasteiger partial charge in [0.05, 0.1) is 5.56 Å². The Morgan fingerprint density at radius 2 is 2.15 bits per heavy atom. The van der Waals surface area contributed by atoms with Gasteiger partial charge in [-0.15, -0.1) is 0 Å². The maximum atomic E-state index is 12.2. The van der Waals surface area contributed by atoms with E-state index >= 15 is 0 Å². The summed E-state index contributed by atoms with van der Waals surface area (Å²) in [6, 6.07) is 7.66. The van der Waals surface area contributed by atoms with Gasteiger partial charge in [0.25, 0.3) is 5.91 Å². The summed E-state index contributed by atoms with van der Waals surface area (Å²) in [4.78, 5) is 20.3. The monoisotopic (exact) mass is 307 g/mol. The number of halogens is 1. The number of nitrogens with zero attached hydrogens (tertiary/aromatic N) is 2. The van der Waals surface area contributed by atoms with Crippen molar-refractivity contribution in [3.8, 4) is 0 Å². The number of amides is 1. The Kier molecular flexibility index (Phi) is 4.98. The van der Waals surface area contributed by atoms with Crippen LogP contribution in [0.3, 0.4) is 0 Å². The van der Waals surface area contributed by atoms with Crippen LogP contribution in [0.2, 0.25) is 5.15 Å². The largest absolute Gasteiger partial charge is 0.322 e. The Bertz CT molecular complexity index is 634. The number of hydrogen-bond acceptors (Lipinski definition) is 4. The second kappa shape index (κ2) is 6.72. The third kappa shape index (κ3) is 3.29. The van der Waals surface area contributed by atoms with Gasteiger partial charge in [-0.1, -0.05) is 48.5 Å². The average Bonchev–Trinajstić information content (AvgIpc) is 2.47. The van der Waals surface area contributed by atoms with Crippen molar-refractivity contribution in [2.24, 2.45) is 0 Å². The van der Waals surface area contributed by atoms with Crippen molar-refractivity contribution in [1.29, 1.82) is 0 Å². The Morgan fingerprint density at radius 3 is 2.80 bits per heavy atom. The molecular weight excluding hydrogens is 294 g/mol. The molecule has 2 aromatic rings. The van der Waals surface area contributed by atoms with Crippen LogP contribution in [-0.2, 0) is 6.42 Å². The lowest BCUT2D eigenvalue weighted by molar-refractivity contribution is 0.102. The van der Waals surface area contributed by atoms with Crippen LogP contribution in [0.15, 0.2) is 35.6 Å². The molecule has 0 aliphatic carbocycles. The van der Waals surface area contributed by atoms with Gasteiger partial charge in [-0.25, -0.2) is 9.97 Å². The van der Waals surface area contributed by atoms with Crippen LogP contribution < -0.4 is 5.32 Å². The molecular formula is C14H14ClN3OS. The molecule has 0 aliphatic heterocycles. The number of carbonyl (C=O) groups excluding carboxylic acids is 1. The highest BCUT2D eigenvalue weighted by Gasteiger charge is 2.14. The molecule has 20 heavy (non-hydrogen) atoms. The Hall–Kier alpha value is -1.59. The average molecular weight is 308 g/mol. The first-order valence-corrected chi connectivity index (χ1v) is 7.71. The zero-order valence-corrected chi connectivity index (χ0v) is 12.8. The van der Waals surface area contributed by atoms with Gasteiger partial charge in [-0.05, 0) is 24.3 Å². The fraction of sp³-hybridized carbons (Fsp3) is 0.214. The first-order valence-electron chi connectivity index (χ1n) is 6.11. The molecule has 1 aromatic heterocycles. The van der Waals surface area contributed by atoms with E-state index in [9.17, 15) is 4.79 Å². The summed E-state index contributed by atoms with van der Waals surface area (Å²) >= 11 is 7.39. The van der Waals surface area contributed by atoms with Crippen LogP contribution in [0, 0.1) is 0 Å². The molecule has 0 aliphatic rings. The molecule has 1 heterocycles. The summed E-state index contributed by atoms with van der Waals surface area (Å²) in [6.07, 6.45) is 4.14.